The Kier molecular flexibility index (Phi) is 1.93. The molecular formula is C10H7ClFN. The fourth-order valence-corrected chi connectivity index (χ4v) is 1.59. The van der Waals surface area contributed by atoms with Crippen LogP contribution in [0, 0.1) is 12.7 Å². The lowest BCUT2D eigenvalue weighted by Gasteiger charge is -2.02. The fraction of sp³-hybridized carbons (Fsp3) is 0.100. The monoisotopic (exact) mass is 195 g/mol. The van der Waals surface area contributed by atoms with E-state index in [1.54, 1.807) is 12.4 Å². The number of nitrogens with zero attached hydrogens (tertiary/aromatic N) is 1. The molecule has 13 heavy (non-hydrogen) atoms. The van der Waals surface area contributed by atoms with Gasteiger partial charge in [0.05, 0.1) is 5.02 Å². The average Bonchev–Trinajstić information content (AvgIpc) is 2.07. The van der Waals surface area contributed by atoms with Crippen LogP contribution in [0.5, 0.6) is 0 Å². The van der Waals surface area contributed by atoms with Crippen molar-refractivity contribution >= 4 is 22.4 Å². The maximum atomic E-state index is 13.0. The summed E-state index contributed by atoms with van der Waals surface area (Å²) >= 11 is 5.85. The lowest BCUT2D eigenvalue weighted by Crippen LogP contribution is -1.84. The number of hydrogen-bond donors (Lipinski definition) is 0. The van der Waals surface area contributed by atoms with Crippen LogP contribution >= 0.6 is 11.6 Å². The first kappa shape index (κ1) is 8.45. The van der Waals surface area contributed by atoms with Gasteiger partial charge in [0.2, 0.25) is 0 Å². The molecule has 0 aliphatic heterocycles. The van der Waals surface area contributed by atoms with Crippen molar-refractivity contribution in [3.05, 3.63) is 40.9 Å². The summed E-state index contributed by atoms with van der Waals surface area (Å²) in [4.78, 5) is 4.00. The minimum atomic E-state index is -0.313. The molecule has 0 spiro atoms. The molecule has 1 heterocycles. The van der Waals surface area contributed by atoms with Gasteiger partial charge >= 0.3 is 0 Å². The molecule has 0 saturated carbocycles. The van der Waals surface area contributed by atoms with Gasteiger partial charge in [-0.3, -0.25) is 4.98 Å². The van der Waals surface area contributed by atoms with Crippen LogP contribution in [-0.2, 0) is 0 Å². The van der Waals surface area contributed by atoms with E-state index in [9.17, 15) is 4.39 Å². The largest absolute Gasteiger partial charge is 0.264 e. The zero-order valence-corrected chi connectivity index (χ0v) is 7.77. The molecule has 0 fully saturated rings. The molecule has 2 rings (SSSR count). The van der Waals surface area contributed by atoms with Crippen molar-refractivity contribution in [2.45, 2.75) is 6.92 Å². The Morgan fingerprint density at radius 2 is 2.00 bits per heavy atom. The number of pyridine rings is 1. The van der Waals surface area contributed by atoms with Crippen LogP contribution in [-0.4, -0.2) is 4.98 Å². The van der Waals surface area contributed by atoms with E-state index >= 15 is 0 Å². The number of halogens is 2. The number of benzene rings is 1. The van der Waals surface area contributed by atoms with Crippen LogP contribution in [0.2, 0.25) is 5.02 Å². The van der Waals surface area contributed by atoms with Crippen molar-refractivity contribution in [1.82, 2.24) is 4.98 Å². The maximum Gasteiger partial charge on any atom is 0.125 e. The summed E-state index contributed by atoms with van der Waals surface area (Å²) in [5.74, 6) is -0.313. The van der Waals surface area contributed by atoms with Gasteiger partial charge in [-0.1, -0.05) is 11.6 Å². The molecule has 2 aromatic rings. The second-order valence-corrected chi connectivity index (χ2v) is 3.35. The van der Waals surface area contributed by atoms with E-state index < -0.39 is 0 Å². The number of hydrogen-bond acceptors (Lipinski definition) is 1. The molecule has 0 bridgehead atoms. The molecule has 0 N–H and O–H groups in total. The highest BCUT2D eigenvalue weighted by molar-refractivity contribution is 6.35. The number of aryl methyl sites for hydroxylation is 1. The van der Waals surface area contributed by atoms with Gasteiger partial charge in [0.1, 0.15) is 5.82 Å². The molecule has 0 amide bonds. The summed E-state index contributed by atoms with van der Waals surface area (Å²) in [6, 6.07) is 2.77. The average molecular weight is 196 g/mol. The summed E-state index contributed by atoms with van der Waals surface area (Å²) in [6.07, 6.45) is 3.34. The minimum absolute atomic E-state index is 0.313. The van der Waals surface area contributed by atoms with Crippen molar-refractivity contribution in [3.8, 4) is 0 Å². The molecule has 0 unspecified atom stereocenters. The molecule has 0 radical (unpaired) electrons. The Bertz CT molecular complexity index is 468. The first-order valence-electron chi connectivity index (χ1n) is 3.88. The van der Waals surface area contributed by atoms with E-state index in [2.05, 4.69) is 4.98 Å². The number of aromatic nitrogens is 1. The van der Waals surface area contributed by atoms with Crippen LogP contribution < -0.4 is 0 Å². The zero-order chi connectivity index (χ0) is 9.42. The SMILES string of the molecule is Cc1cncc2c(Cl)cc(F)cc12. The second-order valence-electron chi connectivity index (χ2n) is 2.94. The summed E-state index contributed by atoms with van der Waals surface area (Å²) in [6.45, 7) is 1.88. The van der Waals surface area contributed by atoms with Gasteiger partial charge in [-0.15, -0.1) is 0 Å². The molecule has 0 aliphatic rings. The highest BCUT2D eigenvalue weighted by atomic mass is 35.5. The Labute approximate surface area is 80.2 Å². The molecule has 1 aromatic heterocycles. The molecule has 0 saturated heterocycles. The first-order chi connectivity index (χ1) is 6.18. The van der Waals surface area contributed by atoms with Crippen molar-refractivity contribution in [1.29, 1.82) is 0 Å². The first-order valence-corrected chi connectivity index (χ1v) is 4.25. The van der Waals surface area contributed by atoms with Crippen LogP contribution in [0.15, 0.2) is 24.5 Å². The molecule has 0 atom stereocenters. The Morgan fingerprint density at radius 1 is 1.23 bits per heavy atom. The summed E-state index contributed by atoms with van der Waals surface area (Å²) in [5, 5.41) is 2.02. The van der Waals surface area contributed by atoms with Gasteiger partial charge < -0.3 is 0 Å². The molecule has 3 heteroatoms. The van der Waals surface area contributed by atoms with E-state index in [4.69, 9.17) is 11.6 Å². The third-order valence-corrected chi connectivity index (χ3v) is 2.30. The predicted octanol–water partition coefficient (Wildman–Crippen LogP) is 3.34. The quantitative estimate of drug-likeness (QED) is 0.628. The predicted molar refractivity (Wildman–Crippen MR) is 51.4 cm³/mol. The Hall–Kier alpha value is -1.15. The summed E-state index contributed by atoms with van der Waals surface area (Å²) in [5.41, 5.74) is 0.930. The van der Waals surface area contributed by atoms with E-state index in [1.165, 1.54) is 12.1 Å². The molecule has 1 aromatic carbocycles. The lowest BCUT2D eigenvalue weighted by atomic mass is 10.1. The van der Waals surface area contributed by atoms with Gasteiger partial charge in [-0.05, 0) is 30.0 Å². The summed E-state index contributed by atoms with van der Waals surface area (Å²) in [7, 11) is 0. The standard InChI is InChI=1S/C10H7ClFN/c1-6-4-13-5-9-8(6)2-7(12)3-10(9)11/h2-5H,1H3. The van der Waals surface area contributed by atoms with E-state index in [-0.39, 0.29) is 5.82 Å². The third kappa shape index (κ3) is 1.38. The lowest BCUT2D eigenvalue weighted by molar-refractivity contribution is 0.629. The highest BCUT2D eigenvalue weighted by Gasteiger charge is 2.03. The van der Waals surface area contributed by atoms with Gasteiger partial charge in [0, 0.05) is 17.8 Å². The van der Waals surface area contributed by atoms with E-state index in [1.807, 2.05) is 6.92 Å². The molecule has 1 nitrogen and oxygen atoms in total. The fourth-order valence-electron chi connectivity index (χ4n) is 1.34. The van der Waals surface area contributed by atoms with E-state index in [0.717, 1.165) is 16.3 Å². The minimum Gasteiger partial charge on any atom is -0.264 e. The number of rotatable bonds is 0. The van der Waals surface area contributed by atoms with Gasteiger partial charge in [0.25, 0.3) is 0 Å². The molecule has 0 aliphatic carbocycles. The maximum absolute atomic E-state index is 13.0. The van der Waals surface area contributed by atoms with E-state index in [0.29, 0.717) is 5.02 Å². The van der Waals surface area contributed by atoms with Gasteiger partial charge in [-0.2, -0.15) is 0 Å². The Morgan fingerprint density at radius 3 is 2.77 bits per heavy atom. The van der Waals surface area contributed by atoms with Crippen molar-refractivity contribution in [2.75, 3.05) is 0 Å². The van der Waals surface area contributed by atoms with Crippen LogP contribution in [0.25, 0.3) is 10.8 Å². The van der Waals surface area contributed by atoms with Crippen molar-refractivity contribution in [3.63, 3.8) is 0 Å². The van der Waals surface area contributed by atoms with Crippen molar-refractivity contribution in [2.24, 2.45) is 0 Å². The van der Waals surface area contributed by atoms with Crippen LogP contribution in [0.4, 0.5) is 4.39 Å². The zero-order valence-electron chi connectivity index (χ0n) is 7.01. The smallest absolute Gasteiger partial charge is 0.125 e. The summed E-state index contributed by atoms with van der Waals surface area (Å²) < 4.78 is 13.0. The normalized spacial score (nSPS) is 10.7. The van der Waals surface area contributed by atoms with Crippen LogP contribution in [0.3, 0.4) is 0 Å². The topological polar surface area (TPSA) is 12.9 Å². The van der Waals surface area contributed by atoms with Gasteiger partial charge in [0.15, 0.2) is 0 Å². The third-order valence-electron chi connectivity index (χ3n) is 1.99. The molecular weight excluding hydrogens is 189 g/mol. The molecule has 66 valence electrons. The highest BCUT2D eigenvalue weighted by Crippen LogP contribution is 2.25. The number of fused-ring (bicyclic) bond motifs is 1. The Balaban J connectivity index is 2.94. The second kappa shape index (κ2) is 2.96. The van der Waals surface area contributed by atoms with Crippen molar-refractivity contribution < 1.29 is 4.39 Å². The van der Waals surface area contributed by atoms with Gasteiger partial charge in [-0.25, -0.2) is 4.39 Å². The van der Waals surface area contributed by atoms with Crippen LogP contribution in [0.1, 0.15) is 5.56 Å².